The summed E-state index contributed by atoms with van der Waals surface area (Å²) in [5.41, 5.74) is -0.991. The third-order valence-corrected chi connectivity index (χ3v) is 4.45. The molecule has 0 aliphatic heterocycles. The van der Waals surface area contributed by atoms with Crippen molar-refractivity contribution in [1.82, 2.24) is 0 Å². The van der Waals surface area contributed by atoms with Crippen LogP contribution in [-0.4, -0.2) is 17.3 Å². The van der Waals surface area contributed by atoms with Gasteiger partial charge in [0.05, 0.1) is 6.07 Å². The van der Waals surface area contributed by atoms with Gasteiger partial charge >= 0.3 is 0 Å². The molecule has 1 aliphatic carbocycles. The minimum absolute atomic E-state index is 0.172. The second kappa shape index (κ2) is 5.23. The van der Waals surface area contributed by atoms with Gasteiger partial charge in [-0.3, -0.25) is 4.79 Å². The Balaban J connectivity index is 2.78. The lowest BCUT2D eigenvalue weighted by atomic mass is 9.62. The normalized spacial score (nSPS) is 28.8. The number of carbonyl (C=O) groups excluding carboxylic acids is 1. The first-order valence-electron chi connectivity index (χ1n) is 6.02. The molecule has 0 N–H and O–H groups in total. The first kappa shape index (κ1) is 13.6. The molecule has 0 heterocycles. The van der Waals surface area contributed by atoms with Gasteiger partial charge < -0.3 is 0 Å². The van der Waals surface area contributed by atoms with Crippen LogP contribution in [0.2, 0.25) is 0 Å². The number of nitriles is 1. The summed E-state index contributed by atoms with van der Waals surface area (Å²) in [5, 5.41) is 9.36. The fourth-order valence-corrected chi connectivity index (χ4v) is 3.28. The molecule has 1 unspecified atom stereocenters. The van der Waals surface area contributed by atoms with E-state index in [4.69, 9.17) is 0 Å². The Labute approximate surface area is 103 Å². The SMILES string of the molecule is CCSCCC1(C#N)CCCC(C)(C)C1=O. The zero-order valence-electron chi connectivity index (χ0n) is 10.5. The van der Waals surface area contributed by atoms with Crippen molar-refractivity contribution in [2.45, 2.75) is 46.5 Å². The Hall–Kier alpha value is -0.490. The molecule has 0 saturated heterocycles. The summed E-state index contributed by atoms with van der Waals surface area (Å²) in [7, 11) is 0. The Morgan fingerprint density at radius 1 is 1.44 bits per heavy atom. The molecule has 0 bridgehead atoms. The topological polar surface area (TPSA) is 40.9 Å². The third kappa shape index (κ3) is 2.60. The van der Waals surface area contributed by atoms with Gasteiger partial charge in [-0.2, -0.15) is 17.0 Å². The molecule has 0 spiro atoms. The van der Waals surface area contributed by atoms with Crippen molar-refractivity contribution in [2.75, 3.05) is 11.5 Å². The van der Waals surface area contributed by atoms with Gasteiger partial charge in [0, 0.05) is 5.41 Å². The molecule has 2 nitrogen and oxygen atoms in total. The fraction of sp³-hybridized carbons (Fsp3) is 0.846. The van der Waals surface area contributed by atoms with Crippen LogP contribution in [0, 0.1) is 22.2 Å². The highest BCUT2D eigenvalue weighted by molar-refractivity contribution is 7.99. The van der Waals surface area contributed by atoms with Crippen LogP contribution >= 0.6 is 11.8 Å². The minimum atomic E-state index is -0.691. The summed E-state index contributed by atoms with van der Waals surface area (Å²) >= 11 is 1.81. The van der Waals surface area contributed by atoms with Crippen LogP contribution in [0.25, 0.3) is 0 Å². The van der Waals surface area contributed by atoms with Gasteiger partial charge in [0.1, 0.15) is 5.41 Å². The minimum Gasteiger partial charge on any atom is -0.297 e. The van der Waals surface area contributed by atoms with E-state index in [0.717, 1.165) is 37.2 Å². The number of nitrogens with zero attached hydrogens (tertiary/aromatic N) is 1. The second-order valence-corrected chi connectivity index (χ2v) is 6.60. The smallest absolute Gasteiger partial charge is 0.158 e. The van der Waals surface area contributed by atoms with Crippen molar-refractivity contribution in [1.29, 1.82) is 5.26 Å². The Kier molecular flexibility index (Phi) is 4.43. The van der Waals surface area contributed by atoms with Crippen molar-refractivity contribution in [3.05, 3.63) is 0 Å². The Bertz CT molecular complexity index is 306. The van der Waals surface area contributed by atoms with E-state index in [-0.39, 0.29) is 11.2 Å². The van der Waals surface area contributed by atoms with Crippen molar-refractivity contribution in [3.8, 4) is 6.07 Å². The highest BCUT2D eigenvalue weighted by Gasteiger charge is 2.48. The lowest BCUT2D eigenvalue weighted by Gasteiger charge is -2.38. The monoisotopic (exact) mass is 239 g/mol. The Morgan fingerprint density at radius 3 is 2.69 bits per heavy atom. The summed E-state index contributed by atoms with van der Waals surface area (Å²) in [4.78, 5) is 12.4. The molecule has 3 heteroatoms. The molecule has 0 aromatic carbocycles. The molecule has 90 valence electrons. The number of rotatable bonds is 4. The van der Waals surface area contributed by atoms with Crippen LogP contribution in [0.5, 0.6) is 0 Å². The lowest BCUT2D eigenvalue weighted by molar-refractivity contribution is -0.138. The van der Waals surface area contributed by atoms with Crippen LogP contribution in [0.3, 0.4) is 0 Å². The molecule has 0 aromatic rings. The molecule has 16 heavy (non-hydrogen) atoms. The molecular formula is C13H21NOS. The predicted molar refractivity (Wildman–Crippen MR) is 68.3 cm³/mol. The molecule has 0 radical (unpaired) electrons. The second-order valence-electron chi connectivity index (χ2n) is 5.21. The highest BCUT2D eigenvalue weighted by Crippen LogP contribution is 2.45. The number of hydrogen-bond donors (Lipinski definition) is 0. The summed E-state index contributed by atoms with van der Waals surface area (Å²) in [6.45, 7) is 6.07. The average molecular weight is 239 g/mol. The molecule has 0 amide bonds. The van der Waals surface area contributed by atoms with E-state index in [1.165, 1.54) is 0 Å². The van der Waals surface area contributed by atoms with E-state index in [0.29, 0.717) is 0 Å². The number of carbonyl (C=O) groups is 1. The summed E-state index contributed by atoms with van der Waals surface area (Å²) in [6, 6.07) is 2.32. The number of thioether (sulfide) groups is 1. The van der Waals surface area contributed by atoms with Crippen molar-refractivity contribution < 1.29 is 4.79 Å². The molecule has 1 atom stereocenters. The highest BCUT2D eigenvalue weighted by atomic mass is 32.2. The molecule has 1 rings (SSSR count). The van der Waals surface area contributed by atoms with Crippen molar-refractivity contribution >= 4 is 17.5 Å². The predicted octanol–water partition coefficient (Wildman–Crippen LogP) is 3.42. The largest absolute Gasteiger partial charge is 0.297 e. The van der Waals surface area contributed by atoms with E-state index < -0.39 is 5.41 Å². The van der Waals surface area contributed by atoms with E-state index >= 15 is 0 Å². The van der Waals surface area contributed by atoms with Crippen LogP contribution in [-0.2, 0) is 4.79 Å². The molecule has 0 aromatic heterocycles. The first-order valence-corrected chi connectivity index (χ1v) is 7.18. The van der Waals surface area contributed by atoms with E-state index in [1.54, 1.807) is 0 Å². The van der Waals surface area contributed by atoms with Crippen LogP contribution in [0.4, 0.5) is 0 Å². The van der Waals surface area contributed by atoms with Gasteiger partial charge in [0.2, 0.25) is 0 Å². The van der Waals surface area contributed by atoms with Crippen LogP contribution in [0.15, 0.2) is 0 Å². The van der Waals surface area contributed by atoms with Crippen LogP contribution in [0.1, 0.15) is 46.5 Å². The lowest BCUT2D eigenvalue weighted by Crippen LogP contribution is -2.44. The van der Waals surface area contributed by atoms with Gasteiger partial charge in [-0.1, -0.05) is 27.2 Å². The quantitative estimate of drug-likeness (QED) is 0.706. The molecule has 1 aliphatic rings. The van der Waals surface area contributed by atoms with Gasteiger partial charge in [-0.15, -0.1) is 0 Å². The molecule has 1 saturated carbocycles. The van der Waals surface area contributed by atoms with E-state index in [2.05, 4.69) is 13.0 Å². The zero-order valence-corrected chi connectivity index (χ0v) is 11.3. The van der Waals surface area contributed by atoms with E-state index in [9.17, 15) is 10.1 Å². The van der Waals surface area contributed by atoms with Gasteiger partial charge in [-0.05, 0) is 30.8 Å². The third-order valence-electron chi connectivity index (χ3n) is 3.55. The number of ketones is 1. The maximum Gasteiger partial charge on any atom is 0.158 e. The van der Waals surface area contributed by atoms with Crippen molar-refractivity contribution in [3.63, 3.8) is 0 Å². The van der Waals surface area contributed by atoms with Gasteiger partial charge in [0.25, 0.3) is 0 Å². The number of Topliss-reactive ketones (excluding diaryl/α,β-unsaturated/α-hetero) is 1. The van der Waals surface area contributed by atoms with Crippen molar-refractivity contribution in [2.24, 2.45) is 10.8 Å². The first-order chi connectivity index (χ1) is 7.48. The maximum atomic E-state index is 12.4. The number of hydrogen-bond acceptors (Lipinski definition) is 3. The summed E-state index contributed by atoms with van der Waals surface area (Å²) < 4.78 is 0. The maximum absolute atomic E-state index is 12.4. The van der Waals surface area contributed by atoms with Gasteiger partial charge in [-0.25, -0.2) is 0 Å². The Morgan fingerprint density at radius 2 is 2.12 bits per heavy atom. The standard InChI is InChI=1S/C13H21NOS/c1-4-16-9-8-13(10-14)7-5-6-12(2,3)11(13)15/h4-9H2,1-3H3. The molecule has 1 fully saturated rings. The zero-order chi connectivity index (χ0) is 12.2. The molecular weight excluding hydrogens is 218 g/mol. The summed E-state index contributed by atoms with van der Waals surface area (Å²) in [6.07, 6.45) is 3.42. The van der Waals surface area contributed by atoms with Crippen LogP contribution < -0.4 is 0 Å². The summed E-state index contributed by atoms with van der Waals surface area (Å²) in [5.74, 6) is 2.15. The fourth-order valence-electron chi connectivity index (χ4n) is 2.50. The van der Waals surface area contributed by atoms with E-state index in [1.807, 2.05) is 25.6 Å². The average Bonchev–Trinajstić information content (AvgIpc) is 2.25. The van der Waals surface area contributed by atoms with Gasteiger partial charge in [0.15, 0.2) is 5.78 Å².